The van der Waals surface area contributed by atoms with Crippen molar-refractivity contribution in [3.05, 3.63) is 36.2 Å². The van der Waals surface area contributed by atoms with Gasteiger partial charge in [-0.25, -0.2) is 0 Å². The van der Waals surface area contributed by atoms with E-state index in [0.29, 0.717) is 0 Å². The van der Waals surface area contributed by atoms with E-state index in [1.165, 1.54) is 64.0 Å². The summed E-state index contributed by atoms with van der Waals surface area (Å²) in [6.45, 7) is 9.22. The smallest absolute Gasteiger partial charge is 0.0890 e. The van der Waals surface area contributed by atoms with Crippen molar-refractivity contribution in [1.82, 2.24) is 19.8 Å². The molecule has 28 heavy (non-hydrogen) atoms. The van der Waals surface area contributed by atoms with Crippen LogP contribution in [0.25, 0.3) is 11.0 Å². The summed E-state index contributed by atoms with van der Waals surface area (Å²) in [5.74, 6) is 2.54. The Bertz CT molecular complexity index is 779. The van der Waals surface area contributed by atoms with Gasteiger partial charge >= 0.3 is 0 Å². The number of fused-ring (bicyclic) bond motifs is 2. The van der Waals surface area contributed by atoms with Gasteiger partial charge in [-0.15, -0.1) is 0 Å². The van der Waals surface area contributed by atoms with Gasteiger partial charge < -0.3 is 9.64 Å². The Balaban J connectivity index is 0.998. The van der Waals surface area contributed by atoms with Crippen molar-refractivity contribution < 1.29 is 4.74 Å². The SMILES string of the molecule is c1cnc2cc(CN3CC4C(COCCCN5CCCCC5)[C@H]4C3)ccc2n1. The highest BCUT2D eigenvalue weighted by Crippen LogP contribution is 2.52. The first-order valence-corrected chi connectivity index (χ1v) is 11.1. The minimum absolute atomic E-state index is 0.814. The zero-order valence-corrected chi connectivity index (χ0v) is 16.8. The summed E-state index contributed by atoms with van der Waals surface area (Å²) in [7, 11) is 0. The van der Waals surface area contributed by atoms with Crippen LogP contribution in [0.4, 0.5) is 0 Å². The lowest BCUT2D eigenvalue weighted by Gasteiger charge is -2.26. The predicted octanol–water partition coefficient (Wildman–Crippen LogP) is 3.20. The number of likely N-dealkylation sites (tertiary alicyclic amines) is 2. The van der Waals surface area contributed by atoms with E-state index in [1.54, 1.807) is 12.4 Å². The van der Waals surface area contributed by atoms with Crippen molar-refractivity contribution >= 4 is 11.0 Å². The van der Waals surface area contributed by atoms with Gasteiger partial charge in [-0.1, -0.05) is 12.5 Å². The van der Waals surface area contributed by atoms with Crippen LogP contribution in [0.2, 0.25) is 0 Å². The Kier molecular flexibility index (Phi) is 5.56. The highest BCUT2D eigenvalue weighted by Gasteiger charge is 2.55. The second kappa shape index (κ2) is 8.44. The van der Waals surface area contributed by atoms with Crippen molar-refractivity contribution in [2.24, 2.45) is 17.8 Å². The van der Waals surface area contributed by atoms with Gasteiger partial charge in [0, 0.05) is 45.2 Å². The van der Waals surface area contributed by atoms with E-state index in [0.717, 1.165) is 48.5 Å². The fraction of sp³-hybridized carbons (Fsp3) is 0.652. The van der Waals surface area contributed by atoms with Gasteiger partial charge in [0.1, 0.15) is 0 Å². The van der Waals surface area contributed by atoms with Gasteiger partial charge in [0.2, 0.25) is 0 Å². The van der Waals surface area contributed by atoms with Gasteiger partial charge in [0.15, 0.2) is 0 Å². The number of aromatic nitrogens is 2. The lowest BCUT2D eigenvalue weighted by Crippen LogP contribution is -2.31. The highest BCUT2D eigenvalue weighted by atomic mass is 16.5. The molecule has 3 atom stereocenters. The van der Waals surface area contributed by atoms with Gasteiger partial charge in [-0.3, -0.25) is 14.9 Å². The molecule has 0 spiro atoms. The Morgan fingerprint density at radius 1 is 0.929 bits per heavy atom. The van der Waals surface area contributed by atoms with Crippen LogP contribution in [0.1, 0.15) is 31.2 Å². The summed E-state index contributed by atoms with van der Waals surface area (Å²) in [4.78, 5) is 14.0. The molecular weight excluding hydrogens is 348 g/mol. The zero-order valence-electron chi connectivity index (χ0n) is 16.8. The second-order valence-electron chi connectivity index (χ2n) is 8.90. The molecule has 150 valence electrons. The molecule has 3 fully saturated rings. The third kappa shape index (κ3) is 4.22. The third-order valence-electron chi connectivity index (χ3n) is 6.91. The number of ether oxygens (including phenoxy) is 1. The normalized spacial score (nSPS) is 27.9. The number of benzene rings is 1. The van der Waals surface area contributed by atoms with Crippen molar-refractivity contribution in [3.8, 4) is 0 Å². The lowest BCUT2D eigenvalue weighted by atomic mass is 10.1. The molecule has 2 unspecified atom stereocenters. The van der Waals surface area contributed by atoms with Gasteiger partial charge in [-0.05, 0) is 67.8 Å². The maximum Gasteiger partial charge on any atom is 0.0890 e. The molecule has 3 heterocycles. The molecule has 1 saturated carbocycles. The van der Waals surface area contributed by atoms with Gasteiger partial charge in [0.05, 0.1) is 17.6 Å². The first-order valence-electron chi connectivity index (χ1n) is 11.1. The average molecular weight is 381 g/mol. The van der Waals surface area contributed by atoms with Crippen LogP contribution >= 0.6 is 0 Å². The van der Waals surface area contributed by atoms with Crippen LogP contribution in [0, 0.1) is 17.8 Å². The number of piperidine rings is 2. The second-order valence-corrected chi connectivity index (χ2v) is 8.90. The lowest BCUT2D eigenvalue weighted by molar-refractivity contribution is 0.0967. The van der Waals surface area contributed by atoms with E-state index in [4.69, 9.17) is 4.74 Å². The molecule has 0 radical (unpaired) electrons. The Morgan fingerprint density at radius 3 is 2.54 bits per heavy atom. The zero-order chi connectivity index (χ0) is 18.8. The highest BCUT2D eigenvalue weighted by molar-refractivity contribution is 5.74. The number of hydrogen-bond donors (Lipinski definition) is 0. The molecule has 2 saturated heterocycles. The molecule has 5 heteroatoms. The van der Waals surface area contributed by atoms with Gasteiger partial charge in [-0.2, -0.15) is 0 Å². The minimum Gasteiger partial charge on any atom is -0.381 e. The molecule has 2 aliphatic heterocycles. The van der Waals surface area contributed by atoms with Crippen LogP contribution in [-0.4, -0.2) is 65.7 Å². The topological polar surface area (TPSA) is 41.5 Å². The maximum atomic E-state index is 6.03. The third-order valence-corrected chi connectivity index (χ3v) is 6.91. The Hall–Kier alpha value is -1.56. The summed E-state index contributed by atoms with van der Waals surface area (Å²) in [6.07, 6.45) is 8.91. The quantitative estimate of drug-likeness (QED) is 0.658. The van der Waals surface area contributed by atoms with Crippen LogP contribution in [0.5, 0.6) is 0 Å². The summed E-state index contributed by atoms with van der Waals surface area (Å²) < 4.78 is 6.03. The average Bonchev–Trinajstić information content (AvgIpc) is 3.19. The molecule has 5 nitrogen and oxygen atoms in total. The summed E-state index contributed by atoms with van der Waals surface area (Å²) >= 11 is 0. The number of nitrogens with zero attached hydrogens (tertiary/aromatic N) is 4. The molecule has 0 amide bonds. The fourth-order valence-electron chi connectivity index (χ4n) is 5.27. The first-order chi connectivity index (χ1) is 13.9. The molecule has 1 aromatic heterocycles. The largest absolute Gasteiger partial charge is 0.381 e. The Morgan fingerprint density at radius 2 is 1.71 bits per heavy atom. The standard InChI is InChI=1S/C23H32N4O/c1-2-9-26(10-3-1)11-4-12-28-17-21-19-15-27(16-20(19)21)14-18-5-6-22-23(13-18)25-8-7-24-22/h5-8,13,19-21H,1-4,9-12,14-17H2/t19-,20?,21?/m0/s1. The number of hydrogen-bond acceptors (Lipinski definition) is 5. The van der Waals surface area contributed by atoms with Crippen LogP contribution < -0.4 is 0 Å². The van der Waals surface area contributed by atoms with E-state index in [9.17, 15) is 0 Å². The summed E-state index contributed by atoms with van der Waals surface area (Å²) in [6, 6.07) is 6.48. The monoisotopic (exact) mass is 380 g/mol. The molecule has 1 aliphatic carbocycles. The molecule has 5 rings (SSSR count). The van der Waals surface area contributed by atoms with Gasteiger partial charge in [0.25, 0.3) is 0 Å². The van der Waals surface area contributed by atoms with Crippen molar-refractivity contribution in [2.75, 3.05) is 45.9 Å². The number of rotatable bonds is 8. The summed E-state index contributed by atoms with van der Waals surface area (Å²) in [5, 5.41) is 0. The van der Waals surface area contributed by atoms with Crippen molar-refractivity contribution in [2.45, 2.75) is 32.2 Å². The maximum absolute atomic E-state index is 6.03. The molecule has 3 aliphatic rings. The summed E-state index contributed by atoms with van der Waals surface area (Å²) in [5.41, 5.74) is 3.33. The Labute approximate surface area is 168 Å². The van der Waals surface area contributed by atoms with Crippen molar-refractivity contribution in [3.63, 3.8) is 0 Å². The van der Waals surface area contributed by atoms with E-state index < -0.39 is 0 Å². The van der Waals surface area contributed by atoms with E-state index in [2.05, 4.69) is 38.0 Å². The molecule has 1 aromatic carbocycles. The van der Waals surface area contributed by atoms with E-state index in [-0.39, 0.29) is 0 Å². The molecular formula is C23H32N4O. The molecule has 0 N–H and O–H groups in total. The van der Waals surface area contributed by atoms with Crippen molar-refractivity contribution in [1.29, 1.82) is 0 Å². The minimum atomic E-state index is 0.814. The van der Waals surface area contributed by atoms with Crippen LogP contribution in [0.15, 0.2) is 30.6 Å². The van der Waals surface area contributed by atoms with E-state index in [1.807, 2.05) is 0 Å². The molecule has 0 bridgehead atoms. The van der Waals surface area contributed by atoms with Crippen LogP contribution in [-0.2, 0) is 11.3 Å². The predicted molar refractivity (Wildman–Crippen MR) is 111 cm³/mol. The van der Waals surface area contributed by atoms with Crippen LogP contribution in [0.3, 0.4) is 0 Å². The molecule has 2 aromatic rings. The fourth-order valence-corrected chi connectivity index (χ4v) is 5.27. The van der Waals surface area contributed by atoms with E-state index >= 15 is 0 Å². The first kappa shape index (κ1) is 18.5.